The van der Waals surface area contributed by atoms with Crippen LogP contribution in [0.3, 0.4) is 0 Å². The van der Waals surface area contributed by atoms with Gasteiger partial charge in [-0.3, -0.25) is 0 Å². The lowest BCUT2D eigenvalue weighted by Crippen LogP contribution is -1.76. The van der Waals surface area contributed by atoms with Crippen LogP contribution in [-0.2, 0) is 0 Å². The molecule has 0 radical (unpaired) electrons. The highest BCUT2D eigenvalue weighted by Gasteiger charge is 1.95. The largest absolute Gasteiger partial charge is 0.122 e. The van der Waals surface area contributed by atoms with Crippen molar-refractivity contribution in [1.29, 1.82) is 0 Å². The van der Waals surface area contributed by atoms with E-state index in [9.17, 15) is 0 Å². The molecule has 0 heterocycles. The normalized spacial score (nSPS) is 11.3. The fourth-order valence-corrected chi connectivity index (χ4v) is 1.79. The Bertz CT molecular complexity index is 501. The number of fused-ring (bicyclic) bond motifs is 1. The number of allylic oxidation sites excluding steroid dienone is 1. The SMILES string of the molecule is ClC/C=C/c1ccc2cc(Cl)ccc2c1. The molecule has 0 atom stereocenters. The summed E-state index contributed by atoms with van der Waals surface area (Å²) >= 11 is 11.5. The van der Waals surface area contributed by atoms with E-state index in [1.54, 1.807) is 0 Å². The van der Waals surface area contributed by atoms with Crippen LogP contribution in [0.4, 0.5) is 0 Å². The monoisotopic (exact) mass is 236 g/mol. The van der Waals surface area contributed by atoms with Crippen LogP contribution >= 0.6 is 23.2 Å². The zero-order valence-corrected chi connectivity index (χ0v) is 9.59. The van der Waals surface area contributed by atoms with Crippen molar-refractivity contribution in [3.63, 3.8) is 0 Å². The first-order valence-electron chi connectivity index (χ1n) is 4.71. The second kappa shape index (κ2) is 4.69. The maximum absolute atomic E-state index is 5.91. The molecule has 0 N–H and O–H groups in total. The summed E-state index contributed by atoms with van der Waals surface area (Å²) < 4.78 is 0. The Morgan fingerprint density at radius 1 is 1.00 bits per heavy atom. The zero-order chi connectivity index (χ0) is 10.7. The van der Waals surface area contributed by atoms with Gasteiger partial charge in [0, 0.05) is 10.9 Å². The van der Waals surface area contributed by atoms with Gasteiger partial charge in [-0.05, 0) is 34.5 Å². The molecule has 76 valence electrons. The van der Waals surface area contributed by atoms with E-state index < -0.39 is 0 Å². The minimum Gasteiger partial charge on any atom is -0.122 e. The maximum atomic E-state index is 5.91. The first-order chi connectivity index (χ1) is 7.29. The summed E-state index contributed by atoms with van der Waals surface area (Å²) in [5.41, 5.74) is 1.16. The van der Waals surface area contributed by atoms with E-state index in [1.807, 2.05) is 30.4 Å². The van der Waals surface area contributed by atoms with Crippen molar-refractivity contribution in [2.24, 2.45) is 0 Å². The van der Waals surface area contributed by atoms with Gasteiger partial charge in [-0.25, -0.2) is 0 Å². The van der Waals surface area contributed by atoms with Crippen molar-refractivity contribution in [3.8, 4) is 0 Å². The molecule has 0 unspecified atom stereocenters. The van der Waals surface area contributed by atoms with Gasteiger partial charge >= 0.3 is 0 Å². The summed E-state index contributed by atoms with van der Waals surface area (Å²) in [7, 11) is 0. The molecule has 0 amide bonds. The van der Waals surface area contributed by atoms with Crippen LogP contribution in [0, 0.1) is 0 Å². The summed E-state index contributed by atoms with van der Waals surface area (Å²) in [6, 6.07) is 12.1. The topological polar surface area (TPSA) is 0 Å². The second-order valence-corrected chi connectivity index (χ2v) is 4.05. The minimum atomic E-state index is 0.540. The Balaban J connectivity index is 2.47. The van der Waals surface area contributed by atoms with Crippen LogP contribution in [0.2, 0.25) is 5.02 Å². The number of hydrogen-bond acceptors (Lipinski definition) is 0. The molecule has 2 rings (SSSR count). The Labute approximate surface area is 99.1 Å². The van der Waals surface area contributed by atoms with E-state index in [4.69, 9.17) is 23.2 Å². The highest BCUT2D eigenvalue weighted by Crippen LogP contribution is 2.21. The molecule has 0 nitrogen and oxygen atoms in total. The highest BCUT2D eigenvalue weighted by atomic mass is 35.5. The molecule has 0 saturated heterocycles. The standard InChI is InChI=1S/C13H10Cl2/c14-7-1-2-10-3-4-12-9-13(15)6-5-11(12)8-10/h1-6,8-9H,7H2/b2-1+. The number of benzene rings is 2. The molecule has 0 spiro atoms. The van der Waals surface area contributed by atoms with E-state index >= 15 is 0 Å². The van der Waals surface area contributed by atoms with Gasteiger partial charge in [0.2, 0.25) is 0 Å². The van der Waals surface area contributed by atoms with Gasteiger partial charge in [-0.1, -0.05) is 42.0 Å². The first kappa shape index (κ1) is 10.5. The van der Waals surface area contributed by atoms with Gasteiger partial charge in [0.25, 0.3) is 0 Å². The predicted octanol–water partition coefficient (Wildman–Crippen LogP) is 4.75. The Hall–Kier alpha value is -0.980. The third kappa shape index (κ3) is 2.53. The fraction of sp³-hybridized carbons (Fsp3) is 0.0769. The molecule has 0 fully saturated rings. The molecule has 15 heavy (non-hydrogen) atoms. The summed E-state index contributed by atoms with van der Waals surface area (Å²) in [6.07, 6.45) is 3.94. The Morgan fingerprint density at radius 3 is 2.53 bits per heavy atom. The van der Waals surface area contributed by atoms with E-state index in [1.165, 1.54) is 5.39 Å². The van der Waals surface area contributed by atoms with E-state index in [0.29, 0.717) is 5.88 Å². The molecular weight excluding hydrogens is 227 g/mol. The molecule has 0 aliphatic carbocycles. The fourth-order valence-electron chi connectivity index (χ4n) is 1.52. The molecule has 2 heteroatoms. The van der Waals surface area contributed by atoms with Crippen molar-refractivity contribution in [2.45, 2.75) is 0 Å². The van der Waals surface area contributed by atoms with Crippen molar-refractivity contribution in [2.75, 3.05) is 5.88 Å². The lowest BCUT2D eigenvalue weighted by molar-refractivity contribution is 1.68. The quantitative estimate of drug-likeness (QED) is 0.661. The average Bonchev–Trinajstić information content (AvgIpc) is 2.26. The van der Waals surface area contributed by atoms with Crippen molar-refractivity contribution in [3.05, 3.63) is 53.1 Å². The van der Waals surface area contributed by atoms with Crippen molar-refractivity contribution >= 4 is 40.1 Å². The van der Waals surface area contributed by atoms with Gasteiger partial charge < -0.3 is 0 Å². The number of halogens is 2. The molecule has 2 aromatic rings. The van der Waals surface area contributed by atoms with Crippen LogP contribution in [0.15, 0.2) is 42.5 Å². The summed E-state index contributed by atoms with van der Waals surface area (Å²) in [5, 5.41) is 3.12. The molecule has 0 aliphatic heterocycles. The van der Waals surface area contributed by atoms with Crippen LogP contribution < -0.4 is 0 Å². The van der Waals surface area contributed by atoms with E-state index in [0.717, 1.165) is 16.0 Å². The molecule has 2 aromatic carbocycles. The van der Waals surface area contributed by atoms with Crippen LogP contribution in [0.1, 0.15) is 5.56 Å². The van der Waals surface area contributed by atoms with Gasteiger partial charge in [-0.15, -0.1) is 11.6 Å². The number of rotatable bonds is 2. The number of hydrogen-bond donors (Lipinski definition) is 0. The predicted molar refractivity (Wildman–Crippen MR) is 68.7 cm³/mol. The van der Waals surface area contributed by atoms with E-state index in [2.05, 4.69) is 18.2 Å². The van der Waals surface area contributed by atoms with Crippen LogP contribution in [0.25, 0.3) is 16.8 Å². The van der Waals surface area contributed by atoms with Crippen molar-refractivity contribution < 1.29 is 0 Å². The summed E-state index contributed by atoms with van der Waals surface area (Å²) in [5.74, 6) is 0.540. The molecule has 0 saturated carbocycles. The number of alkyl halides is 1. The summed E-state index contributed by atoms with van der Waals surface area (Å²) in [6.45, 7) is 0. The summed E-state index contributed by atoms with van der Waals surface area (Å²) in [4.78, 5) is 0. The zero-order valence-electron chi connectivity index (χ0n) is 8.08. The van der Waals surface area contributed by atoms with Crippen molar-refractivity contribution in [1.82, 2.24) is 0 Å². The Morgan fingerprint density at radius 2 is 1.73 bits per heavy atom. The van der Waals surface area contributed by atoms with Gasteiger partial charge in [-0.2, -0.15) is 0 Å². The van der Waals surface area contributed by atoms with Gasteiger partial charge in [0.1, 0.15) is 0 Å². The molecular formula is C13H10Cl2. The average molecular weight is 237 g/mol. The highest BCUT2D eigenvalue weighted by molar-refractivity contribution is 6.31. The van der Waals surface area contributed by atoms with Gasteiger partial charge in [0.05, 0.1) is 0 Å². The Kier molecular flexibility index (Phi) is 3.30. The maximum Gasteiger partial charge on any atom is 0.0412 e. The molecule has 0 bridgehead atoms. The third-order valence-corrected chi connectivity index (χ3v) is 2.64. The molecule has 0 aromatic heterocycles. The lowest BCUT2D eigenvalue weighted by Gasteiger charge is -2.00. The second-order valence-electron chi connectivity index (χ2n) is 3.31. The minimum absolute atomic E-state index is 0.540. The van der Waals surface area contributed by atoms with Gasteiger partial charge in [0.15, 0.2) is 0 Å². The molecule has 0 aliphatic rings. The smallest absolute Gasteiger partial charge is 0.0412 e. The first-order valence-corrected chi connectivity index (χ1v) is 5.63. The third-order valence-electron chi connectivity index (χ3n) is 2.23. The van der Waals surface area contributed by atoms with E-state index in [-0.39, 0.29) is 0 Å². The van der Waals surface area contributed by atoms with Crippen LogP contribution in [0.5, 0.6) is 0 Å². The lowest BCUT2D eigenvalue weighted by atomic mass is 10.1. The van der Waals surface area contributed by atoms with Crippen LogP contribution in [-0.4, -0.2) is 5.88 Å².